The fraction of sp³-hybridized carbons (Fsp3) is 0.143. The molecule has 0 aliphatic heterocycles. The molecule has 0 aromatic heterocycles. The van der Waals surface area contributed by atoms with Crippen molar-refractivity contribution in [2.45, 2.75) is 33.5 Å². The molecule has 0 bridgehead atoms. The maximum Gasteiger partial charge on any atom is 0.0429 e. The average Bonchev–Trinajstić information content (AvgIpc) is 3.22. The van der Waals surface area contributed by atoms with Crippen LogP contribution in [0.25, 0.3) is 33.4 Å². The number of rotatable bonds is 14. The van der Waals surface area contributed by atoms with Crippen LogP contribution in [0, 0.1) is 0 Å². The van der Waals surface area contributed by atoms with Crippen LogP contribution in [0.15, 0.2) is 182 Å². The molecule has 0 saturated carbocycles. The van der Waals surface area contributed by atoms with E-state index in [2.05, 4.69) is 211 Å². The lowest BCUT2D eigenvalue weighted by Gasteiger charge is -2.24. The predicted molar refractivity (Wildman–Crippen MR) is 223 cm³/mol. The molecule has 7 aromatic carbocycles. The molecule has 0 saturated heterocycles. The first-order valence-electron chi connectivity index (χ1n) is 18.5. The Hall–Kier alpha value is -6.06. The Kier molecular flexibility index (Phi) is 11.1. The molecule has 0 radical (unpaired) electrons. The zero-order valence-electron chi connectivity index (χ0n) is 30.3. The highest BCUT2D eigenvalue weighted by atomic mass is 15.1. The number of hydrogen-bond acceptors (Lipinski definition) is 3. The maximum absolute atomic E-state index is 3.57. The van der Waals surface area contributed by atoms with Gasteiger partial charge in [0.2, 0.25) is 0 Å². The van der Waals surface area contributed by atoms with Gasteiger partial charge in [-0.05, 0) is 119 Å². The zero-order valence-corrected chi connectivity index (χ0v) is 30.3. The van der Waals surface area contributed by atoms with E-state index in [-0.39, 0.29) is 0 Å². The van der Waals surface area contributed by atoms with Crippen LogP contribution >= 0.6 is 0 Å². The lowest BCUT2D eigenvalue weighted by Crippen LogP contribution is -2.21. The first-order chi connectivity index (χ1) is 25.6. The average molecular weight is 678 g/mol. The third-order valence-electron chi connectivity index (χ3n) is 9.82. The quantitative estimate of drug-likeness (QED) is 0.124. The van der Waals surface area contributed by atoms with Crippen LogP contribution < -0.4 is 15.1 Å². The minimum atomic E-state index is 0.799. The lowest BCUT2D eigenvalue weighted by molar-refractivity contribution is 0.832. The highest BCUT2D eigenvalue weighted by molar-refractivity contribution is 5.82. The molecule has 7 aromatic rings. The molecular weight excluding hydrogens is 631 g/mol. The largest absolute Gasteiger partial charge is 0.381 e. The monoisotopic (exact) mass is 677 g/mol. The summed E-state index contributed by atoms with van der Waals surface area (Å²) in [6.45, 7) is 8.92. The third-order valence-corrected chi connectivity index (χ3v) is 9.82. The second kappa shape index (κ2) is 16.8. The highest BCUT2D eigenvalue weighted by Crippen LogP contribution is 2.35. The number of anilines is 3. The summed E-state index contributed by atoms with van der Waals surface area (Å²) in [5, 5.41) is 3.57. The van der Waals surface area contributed by atoms with Crippen LogP contribution in [-0.4, -0.2) is 13.1 Å². The number of benzene rings is 7. The molecule has 1 N–H and O–H groups in total. The second-order valence-corrected chi connectivity index (χ2v) is 13.3. The topological polar surface area (TPSA) is 18.5 Å². The van der Waals surface area contributed by atoms with E-state index in [1.165, 1.54) is 61.4 Å². The molecule has 258 valence electrons. The van der Waals surface area contributed by atoms with Crippen molar-refractivity contribution in [3.8, 4) is 33.4 Å². The van der Waals surface area contributed by atoms with Crippen LogP contribution in [0.3, 0.4) is 0 Å². The van der Waals surface area contributed by atoms with E-state index in [1.54, 1.807) is 0 Å². The number of hydrogen-bond donors (Lipinski definition) is 1. The van der Waals surface area contributed by atoms with Crippen molar-refractivity contribution >= 4 is 17.1 Å². The van der Waals surface area contributed by atoms with E-state index in [1.807, 2.05) is 0 Å². The lowest BCUT2D eigenvalue weighted by atomic mass is 9.93. The second-order valence-electron chi connectivity index (χ2n) is 13.3. The molecule has 0 aliphatic carbocycles. The summed E-state index contributed by atoms with van der Waals surface area (Å²) in [6.07, 6.45) is 0. The van der Waals surface area contributed by atoms with Gasteiger partial charge in [0.05, 0.1) is 0 Å². The summed E-state index contributed by atoms with van der Waals surface area (Å²) in [4.78, 5) is 4.85. The van der Waals surface area contributed by atoms with Crippen LogP contribution in [0.2, 0.25) is 0 Å². The standard InChI is InChI=1S/C49H47N3/c1-3-51(36-39-16-10-6-11-17-39)48-28-22-42(23-29-48)45-32-44(41-20-26-47(27-21-41)50-35-38-14-8-5-9-15-38)33-46(34-45)43-24-30-49(31-25-43)52(4-2)37-40-18-12-7-13-19-40/h5-34,50H,3-4,35-37H2,1-2H3. The number of nitrogens with one attached hydrogen (secondary N) is 1. The summed E-state index contributed by atoms with van der Waals surface area (Å²) in [5.41, 5.74) is 14.7. The van der Waals surface area contributed by atoms with Gasteiger partial charge in [-0.25, -0.2) is 0 Å². The van der Waals surface area contributed by atoms with Gasteiger partial charge in [-0.1, -0.05) is 127 Å². The van der Waals surface area contributed by atoms with Crippen LogP contribution in [0.5, 0.6) is 0 Å². The molecule has 3 heteroatoms. The molecule has 0 fully saturated rings. The molecule has 0 aliphatic rings. The van der Waals surface area contributed by atoms with Crippen LogP contribution in [0.4, 0.5) is 17.1 Å². The number of nitrogens with zero attached hydrogens (tertiary/aromatic N) is 2. The van der Waals surface area contributed by atoms with Gasteiger partial charge in [0.1, 0.15) is 0 Å². The Bertz CT molecular complexity index is 2010. The van der Waals surface area contributed by atoms with Gasteiger partial charge in [-0.3, -0.25) is 0 Å². The minimum Gasteiger partial charge on any atom is -0.381 e. The fourth-order valence-corrected chi connectivity index (χ4v) is 6.82. The summed E-state index contributed by atoms with van der Waals surface area (Å²) >= 11 is 0. The van der Waals surface area contributed by atoms with Crippen molar-refractivity contribution in [2.24, 2.45) is 0 Å². The first-order valence-corrected chi connectivity index (χ1v) is 18.5. The summed E-state index contributed by atoms with van der Waals surface area (Å²) in [6, 6.07) is 65.9. The van der Waals surface area contributed by atoms with Crippen LogP contribution in [0.1, 0.15) is 30.5 Å². The molecule has 0 amide bonds. The summed E-state index contributed by atoms with van der Waals surface area (Å²) in [5.74, 6) is 0. The van der Waals surface area contributed by atoms with Gasteiger partial charge in [-0.2, -0.15) is 0 Å². The highest BCUT2D eigenvalue weighted by Gasteiger charge is 2.12. The summed E-state index contributed by atoms with van der Waals surface area (Å²) in [7, 11) is 0. The Balaban J connectivity index is 1.18. The summed E-state index contributed by atoms with van der Waals surface area (Å²) < 4.78 is 0. The van der Waals surface area contributed by atoms with E-state index < -0.39 is 0 Å². The molecule has 0 heterocycles. The third kappa shape index (κ3) is 8.62. The van der Waals surface area contributed by atoms with Gasteiger partial charge in [0, 0.05) is 49.8 Å². The molecule has 0 atom stereocenters. The van der Waals surface area contributed by atoms with Crippen molar-refractivity contribution in [1.82, 2.24) is 0 Å². The maximum atomic E-state index is 3.57. The van der Waals surface area contributed by atoms with Crippen molar-refractivity contribution in [3.63, 3.8) is 0 Å². The van der Waals surface area contributed by atoms with Crippen LogP contribution in [-0.2, 0) is 19.6 Å². The van der Waals surface area contributed by atoms with Gasteiger partial charge >= 0.3 is 0 Å². The Morgan fingerprint density at radius 1 is 0.365 bits per heavy atom. The predicted octanol–water partition coefficient (Wildman–Crippen LogP) is 12.4. The molecule has 52 heavy (non-hydrogen) atoms. The van der Waals surface area contributed by atoms with Gasteiger partial charge in [0.25, 0.3) is 0 Å². The van der Waals surface area contributed by atoms with E-state index in [0.717, 1.165) is 38.4 Å². The van der Waals surface area contributed by atoms with Crippen molar-refractivity contribution in [2.75, 3.05) is 28.2 Å². The van der Waals surface area contributed by atoms with E-state index in [9.17, 15) is 0 Å². The molecule has 7 rings (SSSR count). The molecule has 0 spiro atoms. The zero-order chi connectivity index (χ0) is 35.5. The van der Waals surface area contributed by atoms with Crippen molar-refractivity contribution in [3.05, 3.63) is 199 Å². The molecular formula is C49H47N3. The Morgan fingerprint density at radius 3 is 1.08 bits per heavy atom. The van der Waals surface area contributed by atoms with E-state index in [4.69, 9.17) is 0 Å². The fourth-order valence-electron chi connectivity index (χ4n) is 6.82. The van der Waals surface area contributed by atoms with Gasteiger partial charge < -0.3 is 15.1 Å². The van der Waals surface area contributed by atoms with Gasteiger partial charge in [-0.15, -0.1) is 0 Å². The van der Waals surface area contributed by atoms with Crippen molar-refractivity contribution < 1.29 is 0 Å². The SMILES string of the molecule is CCN(Cc1ccccc1)c1ccc(-c2cc(-c3ccc(NCc4ccccc4)cc3)cc(-c3ccc(N(CC)Cc4ccccc4)cc3)c2)cc1. The first kappa shape index (κ1) is 34.4. The Labute approximate surface area is 309 Å². The molecule has 0 unspecified atom stereocenters. The minimum absolute atomic E-state index is 0.799. The molecule has 3 nitrogen and oxygen atoms in total. The smallest absolute Gasteiger partial charge is 0.0429 e. The Morgan fingerprint density at radius 2 is 0.712 bits per heavy atom. The van der Waals surface area contributed by atoms with E-state index >= 15 is 0 Å². The van der Waals surface area contributed by atoms with Crippen molar-refractivity contribution in [1.29, 1.82) is 0 Å². The van der Waals surface area contributed by atoms with Gasteiger partial charge in [0.15, 0.2) is 0 Å². The van der Waals surface area contributed by atoms with E-state index in [0.29, 0.717) is 0 Å². The normalized spacial score (nSPS) is 10.9.